The van der Waals surface area contributed by atoms with Crippen LogP contribution in [0.3, 0.4) is 0 Å². The summed E-state index contributed by atoms with van der Waals surface area (Å²) in [4.78, 5) is 7.06. The molecule has 0 bridgehead atoms. The van der Waals surface area contributed by atoms with Crippen molar-refractivity contribution in [1.29, 1.82) is 5.26 Å². The van der Waals surface area contributed by atoms with E-state index in [0.29, 0.717) is 6.04 Å². The third kappa shape index (κ3) is 2.94. The number of aryl methyl sites for hydroxylation is 1. The molecule has 2 aliphatic rings. The number of hydrogen-bond acceptors (Lipinski definition) is 4. The first kappa shape index (κ1) is 13.4. The SMILES string of the molecule is Cc1ccc(C#N)c(N(CC2CCNCC2)C2CC2)n1. The van der Waals surface area contributed by atoms with E-state index in [4.69, 9.17) is 0 Å². The van der Waals surface area contributed by atoms with Crippen molar-refractivity contribution in [2.24, 2.45) is 5.92 Å². The number of hydrogen-bond donors (Lipinski definition) is 1. The highest BCUT2D eigenvalue weighted by molar-refractivity contribution is 5.55. The predicted molar refractivity (Wildman–Crippen MR) is 79.7 cm³/mol. The molecule has 0 radical (unpaired) electrons. The Balaban J connectivity index is 1.83. The van der Waals surface area contributed by atoms with Crippen molar-refractivity contribution in [2.75, 3.05) is 24.5 Å². The summed E-state index contributed by atoms with van der Waals surface area (Å²) in [5.74, 6) is 1.64. The molecule has 0 amide bonds. The molecule has 1 saturated carbocycles. The molecule has 1 aromatic rings. The maximum Gasteiger partial charge on any atom is 0.147 e. The highest BCUT2D eigenvalue weighted by Crippen LogP contribution is 2.34. The van der Waals surface area contributed by atoms with Gasteiger partial charge in [0.2, 0.25) is 0 Å². The maximum absolute atomic E-state index is 9.34. The van der Waals surface area contributed by atoms with Crippen molar-refractivity contribution in [2.45, 2.75) is 38.6 Å². The molecule has 0 unspecified atom stereocenters. The summed E-state index contributed by atoms with van der Waals surface area (Å²) in [5, 5.41) is 12.8. The van der Waals surface area contributed by atoms with Crippen molar-refractivity contribution in [3.05, 3.63) is 23.4 Å². The van der Waals surface area contributed by atoms with Gasteiger partial charge in [0, 0.05) is 18.3 Å². The summed E-state index contributed by atoms with van der Waals surface area (Å²) in [6, 6.07) is 6.75. The van der Waals surface area contributed by atoms with Crippen molar-refractivity contribution in [3.63, 3.8) is 0 Å². The number of piperidine rings is 1. The van der Waals surface area contributed by atoms with Gasteiger partial charge in [-0.15, -0.1) is 0 Å². The average Bonchev–Trinajstić information content (AvgIpc) is 3.30. The van der Waals surface area contributed by atoms with Crippen molar-refractivity contribution in [1.82, 2.24) is 10.3 Å². The predicted octanol–water partition coefficient (Wildman–Crippen LogP) is 2.23. The molecule has 1 aliphatic carbocycles. The molecule has 1 saturated heterocycles. The minimum Gasteiger partial charge on any atom is -0.352 e. The first-order chi connectivity index (χ1) is 9.78. The zero-order valence-corrected chi connectivity index (χ0v) is 12.1. The quantitative estimate of drug-likeness (QED) is 0.911. The first-order valence-electron chi connectivity index (χ1n) is 7.63. The van der Waals surface area contributed by atoms with Crippen LogP contribution in [0.1, 0.15) is 36.9 Å². The van der Waals surface area contributed by atoms with Crippen LogP contribution in [0.2, 0.25) is 0 Å². The van der Waals surface area contributed by atoms with Crippen LogP contribution < -0.4 is 10.2 Å². The number of nitriles is 1. The van der Waals surface area contributed by atoms with E-state index >= 15 is 0 Å². The standard InChI is InChI=1S/C16H22N4/c1-12-2-3-14(10-17)16(19-12)20(15-4-5-15)11-13-6-8-18-9-7-13/h2-3,13,15,18H,4-9,11H2,1H3. The summed E-state index contributed by atoms with van der Waals surface area (Å²) in [5.41, 5.74) is 1.71. The molecule has 3 rings (SSSR count). The van der Waals surface area contributed by atoms with Crippen LogP contribution in [0.15, 0.2) is 12.1 Å². The van der Waals surface area contributed by atoms with E-state index in [1.165, 1.54) is 25.7 Å². The molecule has 2 heterocycles. The molecule has 1 aliphatic heterocycles. The van der Waals surface area contributed by atoms with Crippen molar-refractivity contribution >= 4 is 5.82 Å². The van der Waals surface area contributed by atoms with Crippen LogP contribution in [0.5, 0.6) is 0 Å². The average molecular weight is 270 g/mol. The lowest BCUT2D eigenvalue weighted by Gasteiger charge is -2.31. The second-order valence-corrected chi connectivity index (χ2v) is 6.01. The molecular weight excluding hydrogens is 248 g/mol. The van der Waals surface area contributed by atoms with E-state index in [9.17, 15) is 5.26 Å². The molecule has 1 aromatic heterocycles. The fourth-order valence-corrected chi connectivity index (χ4v) is 2.99. The summed E-state index contributed by atoms with van der Waals surface area (Å²) in [6.45, 7) is 5.29. The molecule has 20 heavy (non-hydrogen) atoms. The largest absolute Gasteiger partial charge is 0.352 e. The van der Waals surface area contributed by atoms with E-state index in [2.05, 4.69) is 21.3 Å². The number of nitrogens with zero attached hydrogens (tertiary/aromatic N) is 3. The van der Waals surface area contributed by atoms with Gasteiger partial charge in [-0.2, -0.15) is 5.26 Å². The van der Waals surface area contributed by atoms with E-state index in [1.54, 1.807) is 0 Å². The van der Waals surface area contributed by atoms with E-state index < -0.39 is 0 Å². The van der Waals surface area contributed by atoms with Crippen LogP contribution in [-0.4, -0.2) is 30.7 Å². The zero-order valence-electron chi connectivity index (χ0n) is 12.1. The lowest BCUT2D eigenvalue weighted by molar-refractivity contribution is 0.372. The van der Waals surface area contributed by atoms with Crippen molar-refractivity contribution in [3.8, 4) is 6.07 Å². The third-order valence-corrected chi connectivity index (χ3v) is 4.31. The third-order valence-electron chi connectivity index (χ3n) is 4.31. The van der Waals surface area contributed by atoms with Gasteiger partial charge in [0.25, 0.3) is 0 Å². The molecule has 2 fully saturated rings. The van der Waals surface area contributed by atoms with Crippen LogP contribution in [0.25, 0.3) is 0 Å². The second kappa shape index (κ2) is 5.80. The van der Waals surface area contributed by atoms with E-state index in [0.717, 1.165) is 42.6 Å². The Morgan fingerprint density at radius 1 is 1.30 bits per heavy atom. The van der Waals surface area contributed by atoms with Gasteiger partial charge in [-0.25, -0.2) is 4.98 Å². The van der Waals surface area contributed by atoms with Gasteiger partial charge in [0.15, 0.2) is 0 Å². The maximum atomic E-state index is 9.34. The van der Waals surface area contributed by atoms with Gasteiger partial charge in [0.1, 0.15) is 11.9 Å². The Labute approximate surface area is 120 Å². The van der Waals surface area contributed by atoms with Gasteiger partial charge in [-0.3, -0.25) is 0 Å². The Bertz CT molecular complexity index is 510. The molecule has 4 nitrogen and oxygen atoms in total. The molecule has 0 aromatic carbocycles. The second-order valence-electron chi connectivity index (χ2n) is 6.01. The summed E-state index contributed by atoms with van der Waals surface area (Å²) in [6.07, 6.45) is 4.95. The minimum atomic E-state index is 0.603. The number of rotatable bonds is 4. The fourth-order valence-electron chi connectivity index (χ4n) is 2.99. The number of aromatic nitrogens is 1. The van der Waals surface area contributed by atoms with Gasteiger partial charge < -0.3 is 10.2 Å². The summed E-state index contributed by atoms with van der Waals surface area (Å²) >= 11 is 0. The summed E-state index contributed by atoms with van der Waals surface area (Å²) in [7, 11) is 0. The number of nitrogens with one attached hydrogen (secondary N) is 1. The molecule has 106 valence electrons. The lowest BCUT2D eigenvalue weighted by atomic mass is 9.97. The molecule has 1 N–H and O–H groups in total. The van der Waals surface area contributed by atoms with Crippen LogP contribution in [-0.2, 0) is 0 Å². The first-order valence-corrected chi connectivity index (χ1v) is 7.63. The van der Waals surface area contributed by atoms with Gasteiger partial charge in [-0.05, 0) is 63.7 Å². The number of pyridine rings is 1. The van der Waals surface area contributed by atoms with Crippen LogP contribution >= 0.6 is 0 Å². The summed E-state index contributed by atoms with van der Waals surface area (Å²) < 4.78 is 0. The topological polar surface area (TPSA) is 52.0 Å². The minimum absolute atomic E-state index is 0.603. The van der Waals surface area contributed by atoms with Gasteiger partial charge in [0.05, 0.1) is 5.56 Å². The fraction of sp³-hybridized carbons (Fsp3) is 0.625. The van der Waals surface area contributed by atoms with Gasteiger partial charge in [-0.1, -0.05) is 0 Å². The van der Waals surface area contributed by atoms with Gasteiger partial charge >= 0.3 is 0 Å². The normalized spacial score (nSPS) is 19.6. The number of anilines is 1. The van der Waals surface area contributed by atoms with Crippen LogP contribution in [0, 0.1) is 24.2 Å². The Morgan fingerprint density at radius 3 is 2.70 bits per heavy atom. The lowest BCUT2D eigenvalue weighted by Crippen LogP contribution is -2.38. The Kier molecular flexibility index (Phi) is 3.88. The van der Waals surface area contributed by atoms with E-state index in [1.807, 2.05) is 19.1 Å². The van der Waals surface area contributed by atoms with E-state index in [-0.39, 0.29) is 0 Å². The van der Waals surface area contributed by atoms with Crippen molar-refractivity contribution < 1.29 is 0 Å². The highest BCUT2D eigenvalue weighted by Gasteiger charge is 2.33. The molecule has 4 heteroatoms. The van der Waals surface area contributed by atoms with Crippen LogP contribution in [0.4, 0.5) is 5.82 Å². The monoisotopic (exact) mass is 270 g/mol. The molecule has 0 atom stereocenters. The molecule has 0 spiro atoms. The Hall–Kier alpha value is -1.60. The molecular formula is C16H22N4. The zero-order chi connectivity index (χ0) is 13.9. The highest BCUT2D eigenvalue weighted by atomic mass is 15.2. The smallest absolute Gasteiger partial charge is 0.147 e. The Morgan fingerprint density at radius 2 is 2.05 bits per heavy atom.